The van der Waals surface area contributed by atoms with Gasteiger partial charge in [-0.15, -0.1) is 0 Å². The molecule has 0 heterocycles. The van der Waals surface area contributed by atoms with E-state index in [-0.39, 0.29) is 12.5 Å². The number of ether oxygens (including phenoxy) is 1. The molecule has 1 aromatic carbocycles. The number of carbonyl (C=O) groups is 1. The first-order valence-electron chi connectivity index (χ1n) is 6.15. The van der Waals surface area contributed by atoms with E-state index in [4.69, 9.17) is 4.74 Å². The highest BCUT2D eigenvalue weighted by molar-refractivity contribution is 5.97. The summed E-state index contributed by atoms with van der Waals surface area (Å²) in [5.41, 5.74) is -0.142. The maximum absolute atomic E-state index is 12.4. The molecular formula is C15H21NO3. The number of likely N-dealkylation sites (N-methyl/N-ethyl adjacent to an activating group) is 1. The molecule has 0 aliphatic heterocycles. The van der Waals surface area contributed by atoms with E-state index in [9.17, 15) is 9.90 Å². The zero-order valence-electron chi connectivity index (χ0n) is 11.7. The Labute approximate surface area is 114 Å². The summed E-state index contributed by atoms with van der Waals surface area (Å²) in [6, 6.07) is 7.06. The molecule has 0 unspecified atom stereocenters. The monoisotopic (exact) mass is 263 g/mol. The maximum atomic E-state index is 12.4. The molecule has 0 saturated heterocycles. The topological polar surface area (TPSA) is 49.8 Å². The molecule has 1 amide bonds. The van der Waals surface area contributed by atoms with E-state index in [0.29, 0.717) is 17.9 Å². The molecule has 19 heavy (non-hydrogen) atoms. The molecule has 1 N–H and O–H groups in total. The molecule has 0 fully saturated rings. The predicted molar refractivity (Wildman–Crippen MR) is 75.4 cm³/mol. The lowest BCUT2D eigenvalue weighted by Gasteiger charge is -2.34. The minimum atomic E-state index is -0.622. The van der Waals surface area contributed by atoms with Crippen molar-refractivity contribution in [2.75, 3.05) is 20.3 Å². The second-order valence-electron chi connectivity index (χ2n) is 4.93. The molecule has 104 valence electrons. The predicted octanol–water partition coefficient (Wildman–Crippen LogP) is 2.09. The Morgan fingerprint density at radius 2 is 2.11 bits per heavy atom. The minimum Gasteiger partial charge on any atom is -0.489 e. The van der Waals surface area contributed by atoms with Crippen LogP contribution >= 0.6 is 0 Å². The van der Waals surface area contributed by atoms with E-state index in [0.717, 1.165) is 0 Å². The van der Waals surface area contributed by atoms with Crippen molar-refractivity contribution in [3.05, 3.63) is 42.5 Å². The number of para-hydroxylation sites is 1. The van der Waals surface area contributed by atoms with Crippen LogP contribution in [0.3, 0.4) is 0 Å². The second kappa shape index (κ2) is 6.38. The van der Waals surface area contributed by atoms with Gasteiger partial charge >= 0.3 is 0 Å². The van der Waals surface area contributed by atoms with Crippen LogP contribution in [-0.2, 0) is 0 Å². The molecule has 0 spiro atoms. The van der Waals surface area contributed by atoms with Crippen LogP contribution < -0.4 is 4.74 Å². The number of aliphatic hydroxyl groups excluding tert-OH is 1. The van der Waals surface area contributed by atoms with Gasteiger partial charge in [-0.3, -0.25) is 4.79 Å². The normalized spacial score (nSPS) is 10.9. The van der Waals surface area contributed by atoms with E-state index in [1.165, 1.54) is 4.90 Å². The van der Waals surface area contributed by atoms with Crippen molar-refractivity contribution in [3.8, 4) is 5.75 Å². The fraction of sp³-hybridized carbons (Fsp3) is 0.400. The number of rotatable bonds is 6. The fourth-order valence-corrected chi connectivity index (χ4v) is 1.48. The highest BCUT2D eigenvalue weighted by atomic mass is 16.5. The molecule has 0 bridgehead atoms. The van der Waals surface area contributed by atoms with Crippen LogP contribution in [0.1, 0.15) is 24.2 Å². The molecule has 1 aromatic rings. The number of nitrogens with zero attached hydrogens (tertiary/aromatic N) is 1. The molecular weight excluding hydrogens is 242 g/mol. The first kappa shape index (κ1) is 15.2. The van der Waals surface area contributed by atoms with Crippen LogP contribution in [0.2, 0.25) is 0 Å². The lowest BCUT2D eigenvalue weighted by atomic mass is 10.0. The number of carbonyl (C=O) groups excluding carboxylic acids is 1. The molecule has 0 atom stereocenters. The van der Waals surface area contributed by atoms with Crippen molar-refractivity contribution in [2.45, 2.75) is 19.4 Å². The zero-order chi connectivity index (χ0) is 14.5. The Kier molecular flexibility index (Phi) is 5.12. The van der Waals surface area contributed by atoms with Gasteiger partial charge in [0, 0.05) is 7.05 Å². The van der Waals surface area contributed by atoms with E-state index in [1.807, 2.05) is 6.07 Å². The van der Waals surface area contributed by atoms with Crippen LogP contribution in [0.15, 0.2) is 36.9 Å². The van der Waals surface area contributed by atoms with Crippen LogP contribution in [0, 0.1) is 0 Å². The van der Waals surface area contributed by atoms with Crippen LogP contribution in [0.4, 0.5) is 0 Å². The van der Waals surface area contributed by atoms with Gasteiger partial charge in [-0.2, -0.15) is 0 Å². The minimum absolute atomic E-state index is 0.106. The first-order chi connectivity index (χ1) is 8.94. The molecule has 0 radical (unpaired) electrons. The lowest BCUT2D eigenvalue weighted by Crippen LogP contribution is -2.47. The van der Waals surface area contributed by atoms with Crippen molar-refractivity contribution >= 4 is 5.91 Å². The third-order valence-electron chi connectivity index (χ3n) is 3.07. The van der Waals surface area contributed by atoms with Gasteiger partial charge in [0.05, 0.1) is 17.7 Å². The molecule has 0 aliphatic carbocycles. The summed E-state index contributed by atoms with van der Waals surface area (Å²) in [4.78, 5) is 14.0. The number of benzene rings is 1. The lowest BCUT2D eigenvalue weighted by molar-refractivity contribution is 0.0470. The molecule has 0 aliphatic rings. The third kappa shape index (κ3) is 3.58. The summed E-state index contributed by atoms with van der Waals surface area (Å²) < 4.78 is 5.48. The second-order valence-corrected chi connectivity index (χ2v) is 4.93. The Morgan fingerprint density at radius 1 is 1.47 bits per heavy atom. The quantitative estimate of drug-likeness (QED) is 0.800. The smallest absolute Gasteiger partial charge is 0.257 e. The van der Waals surface area contributed by atoms with Crippen molar-refractivity contribution in [3.63, 3.8) is 0 Å². The maximum Gasteiger partial charge on any atom is 0.257 e. The van der Waals surface area contributed by atoms with E-state index >= 15 is 0 Å². The zero-order valence-corrected chi connectivity index (χ0v) is 11.7. The summed E-state index contributed by atoms with van der Waals surface area (Å²) in [6.07, 6.45) is 1.63. The average molecular weight is 263 g/mol. The molecule has 4 nitrogen and oxygen atoms in total. The molecule has 1 rings (SSSR count). The van der Waals surface area contributed by atoms with Gasteiger partial charge in [-0.25, -0.2) is 0 Å². The van der Waals surface area contributed by atoms with Gasteiger partial charge in [0.25, 0.3) is 5.91 Å². The first-order valence-corrected chi connectivity index (χ1v) is 6.15. The van der Waals surface area contributed by atoms with Crippen LogP contribution in [0.5, 0.6) is 5.75 Å². The van der Waals surface area contributed by atoms with Crippen LogP contribution in [-0.4, -0.2) is 41.7 Å². The molecule has 0 aromatic heterocycles. The van der Waals surface area contributed by atoms with E-state index < -0.39 is 5.54 Å². The SMILES string of the molecule is C=CCOc1ccccc1C(=O)N(C)C(C)(C)CO. The fourth-order valence-electron chi connectivity index (χ4n) is 1.48. The number of aliphatic hydroxyl groups is 1. The number of amides is 1. The molecule has 4 heteroatoms. The Balaban J connectivity index is 3.02. The number of hydrogen-bond acceptors (Lipinski definition) is 3. The number of hydrogen-bond donors (Lipinski definition) is 1. The summed E-state index contributed by atoms with van der Waals surface area (Å²) in [5.74, 6) is 0.340. The van der Waals surface area contributed by atoms with Gasteiger partial charge in [-0.05, 0) is 26.0 Å². The average Bonchev–Trinajstić information content (AvgIpc) is 2.43. The van der Waals surface area contributed by atoms with E-state index in [2.05, 4.69) is 6.58 Å². The van der Waals surface area contributed by atoms with Crippen molar-refractivity contribution in [2.24, 2.45) is 0 Å². The van der Waals surface area contributed by atoms with Gasteiger partial charge in [-0.1, -0.05) is 24.8 Å². The van der Waals surface area contributed by atoms with Gasteiger partial charge in [0.15, 0.2) is 0 Å². The van der Waals surface area contributed by atoms with Crippen molar-refractivity contribution in [1.82, 2.24) is 4.90 Å². The highest BCUT2D eigenvalue weighted by Gasteiger charge is 2.28. The van der Waals surface area contributed by atoms with Gasteiger partial charge in [0.1, 0.15) is 12.4 Å². The highest BCUT2D eigenvalue weighted by Crippen LogP contribution is 2.22. The largest absolute Gasteiger partial charge is 0.489 e. The van der Waals surface area contributed by atoms with Crippen LogP contribution in [0.25, 0.3) is 0 Å². The van der Waals surface area contributed by atoms with Gasteiger partial charge < -0.3 is 14.7 Å². The van der Waals surface area contributed by atoms with Gasteiger partial charge in [0.2, 0.25) is 0 Å². The summed E-state index contributed by atoms with van der Waals surface area (Å²) in [6.45, 7) is 7.43. The summed E-state index contributed by atoms with van der Waals surface area (Å²) in [7, 11) is 1.67. The Morgan fingerprint density at radius 3 is 2.68 bits per heavy atom. The summed E-state index contributed by atoms with van der Waals surface area (Å²) >= 11 is 0. The Hall–Kier alpha value is -1.81. The summed E-state index contributed by atoms with van der Waals surface area (Å²) in [5, 5.41) is 9.33. The van der Waals surface area contributed by atoms with E-state index in [1.54, 1.807) is 45.2 Å². The molecule has 0 saturated carbocycles. The third-order valence-corrected chi connectivity index (χ3v) is 3.07. The standard InChI is InChI=1S/C15H21NO3/c1-5-10-19-13-9-7-6-8-12(13)14(18)16(4)15(2,3)11-17/h5-9,17H,1,10-11H2,2-4H3. The van der Waals surface area contributed by atoms with Crippen molar-refractivity contribution in [1.29, 1.82) is 0 Å². The van der Waals surface area contributed by atoms with Crippen molar-refractivity contribution < 1.29 is 14.6 Å². The Bertz CT molecular complexity index is 454.